The molecule has 1 N–H and O–H groups in total. The highest BCUT2D eigenvalue weighted by molar-refractivity contribution is 5.77. The second-order valence-electron chi connectivity index (χ2n) is 7.39. The third-order valence-corrected chi connectivity index (χ3v) is 4.62. The van der Waals surface area contributed by atoms with Crippen LogP contribution in [0.3, 0.4) is 0 Å². The number of hydrogen-bond donors (Lipinski definition) is 1. The molecule has 28 heavy (non-hydrogen) atoms. The monoisotopic (exact) mass is 381 g/mol. The van der Waals surface area contributed by atoms with Gasteiger partial charge in [-0.15, -0.1) is 0 Å². The van der Waals surface area contributed by atoms with Gasteiger partial charge in [-0.2, -0.15) is 5.10 Å². The average Bonchev–Trinajstić information content (AvgIpc) is 3.40. The maximum Gasteiger partial charge on any atom is 0.258 e. The highest BCUT2D eigenvalue weighted by Crippen LogP contribution is 2.41. The topological polar surface area (TPSA) is 78.5 Å². The van der Waals surface area contributed by atoms with E-state index in [1.54, 1.807) is 17.1 Å². The van der Waals surface area contributed by atoms with Crippen LogP contribution >= 0.6 is 0 Å². The van der Waals surface area contributed by atoms with Crippen molar-refractivity contribution in [3.8, 4) is 11.5 Å². The highest BCUT2D eigenvalue weighted by Gasteiger charge is 2.32. The minimum atomic E-state index is -0.260. The first kappa shape index (κ1) is 18.2. The van der Waals surface area contributed by atoms with Gasteiger partial charge in [0, 0.05) is 30.9 Å². The Hall–Kier alpha value is -3.22. The van der Waals surface area contributed by atoms with Crippen LogP contribution in [0, 0.1) is 0 Å². The molecule has 0 bridgehead atoms. The Kier molecular flexibility index (Phi) is 4.81. The third-order valence-electron chi connectivity index (χ3n) is 4.62. The Morgan fingerprint density at radius 3 is 2.96 bits per heavy atom. The maximum absolute atomic E-state index is 12.4. The van der Waals surface area contributed by atoms with Gasteiger partial charge in [-0.25, -0.2) is 0 Å². The van der Waals surface area contributed by atoms with Gasteiger partial charge >= 0.3 is 0 Å². The van der Waals surface area contributed by atoms with Gasteiger partial charge in [0.1, 0.15) is 17.4 Å². The molecular weight excluding hydrogens is 358 g/mol. The molecule has 1 aliphatic rings. The number of nitrogens with one attached hydrogen (secondary N) is 1. The number of fused-ring (bicyclic) bond motifs is 1. The summed E-state index contributed by atoms with van der Waals surface area (Å²) in [5, 5.41) is 7.14. The lowest BCUT2D eigenvalue weighted by Gasteiger charge is -2.18. The van der Waals surface area contributed by atoms with Crippen molar-refractivity contribution >= 4 is 5.91 Å². The number of ether oxygens (including phenoxy) is 2. The average molecular weight is 381 g/mol. The molecule has 0 radical (unpaired) electrons. The summed E-state index contributed by atoms with van der Waals surface area (Å²) in [6.45, 7) is 4.32. The van der Waals surface area contributed by atoms with Crippen LogP contribution in [-0.2, 0) is 11.2 Å². The van der Waals surface area contributed by atoms with Crippen molar-refractivity contribution in [2.45, 2.75) is 31.9 Å². The molecule has 0 aliphatic carbocycles. The summed E-state index contributed by atoms with van der Waals surface area (Å²) in [5.41, 5.74) is 0.837. The maximum atomic E-state index is 12.4. The van der Waals surface area contributed by atoms with Crippen LogP contribution in [-0.4, -0.2) is 34.4 Å². The molecule has 0 saturated heterocycles. The van der Waals surface area contributed by atoms with E-state index in [4.69, 9.17) is 13.9 Å². The van der Waals surface area contributed by atoms with Gasteiger partial charge in [0.25, 0.3) is 5.91 Å². The van der Waals surface area contributed by atoms with Crippen molar-refractivity contribution in [3.63, 3.8) is 0 Å². The number of aromatic nitrogens is 2. The molecule has 146 valence electrons. The van der Waals surface area contributed by atoms with E-state index in [1.165, 1.54) is 0 Å². The van der Waals surface area contributed by atoms with Crippen LogP contribution in [0.15, 0.2) is 59.5 Å². The van der Waals surface area contributed by atoms with Gasteiger partial charge in [0.2, 0.25) is 0 Å². The van der Waals surface area contributed by atoms with Crippen molar-refractivity contribution in [1.82, 2.24) is 15.1 Å². The number of para-hydroxylation sites is 1. The van der Waals surface area contributed by atoms with E-state index in [2.05, 4.69) is 10.4 Å². The van der Waals surface area contributed by atoms with Gasteiger partial charge in [-0.1, -0.05) is 12.1 Å². The molecule has 1 unspecified atom stereocenters. The number of furan rings is 1. The minimum absolute atomic E-state index is 0.0930. The van der Waals surface area contributed by atoms with Crippen molar-refractivity contribution < 1.29 is 18.7 Å². The van der Waals surface area contributed by atoms with E-state index in [9.17, 15) is 4.79 Å². The Balaban J connectivity index is 1.36. The van der Waals surface area contributed by atoms with Crippen LogP contribution in [0.25, 0.3) is 0 Å². The summed E-state index contributed by atoms with van der Waals surface area (Å²) in [6.07, 6.45) is 5.95. The molecule has 0 fully saturated rings. The first-order valence-electron chi connectivity index (χ1n) is 9.25. The van der Waals surface area contributed by atoms with Gasteiger partial charge in [0.05, 0.1) is 6.26 Å². The second-order valence-corrected chi connectivity index (χ2v) is 7.39. The quantitative estimate of drug-likeness (QED) is 0.681. The molecule has 7 nitrogen and oxygen atoms in total. The smallest absolute Gasteiger partial charge is 0.258 e. The number of rotatable bonds is 7. The summed E-state index contributed by atoms with van der Waals surface area (Å²) < 4.78 is 18.9. The van der Waals surface area contributed by atoms with E-state index in [-0.39, 0.29) is 24.2 Å². The molecule has 4 rings (SSSR count). The molecule has 1 aliphatic heterocycles. The van der Waals surface area contributed by atoms with E-state index < -0.39 is 0 Å². The molecule has 1 atom stereocenters. The number of amides is 1. The lowest BCUT2D eigenvalue weighted by molar-refractivity contribution is -0.123. The molecule has 2 aromatic heterocycles. The Labute approximate surface area is 163 Å². The molecule has 3 heterocycles. The van der Waals surface area contributed by atoms with Crippen LogP contribution in [0.4, 0.5) is 0 Å². The third kappa shape index (κ3) is 3.88. The van der Waals surface area contributed by atoms with Crippen molar-refractivity contribution in [2.24, 2.45) is 0 Å². The van der Waals surface area contributed by atoms with Crippen LogP contribution < -0.4 is 14.8 Å². The first-order valence-corrected chi connectivity index (χ1v) is 9.25. The van der Waals surface area contributed by atoms with E-state index in [0.29, 0.717) is 12.3 Å². The molecule has 0 spiro atoms. The summed E-state index contributed by atoms with van der Waals surface area (Å²) in [7, 11) is 0. The fourth-order valence-electron chi connectivity index (χ4n) is 3.38. The zero-order valence-electron chi connectivity index (χ0n) is 15.9. The SMILES string of the molecule is CC1(C)Cc2cccc(OCC(=O)NCC(c3ccco3)n3cccn3)c2O1. The summed E-state index contributed by atoms with van der Waals surface area (Å²) in [4.78, 5) is 12.4. The van der Waals surface area contributed by atoms with Crippen molar-refractivity contribution in [2.75, 3.05) is 13.2 Å². The lowest BCUT2D eigenvalue weighted by Crippen LogP contribution is -2.34. The van der Waals surface area contributed by atoms with Crippen molar-refractivity contribution in [3.05, 3.63) is 66.4 Å². The first-order chi connectivity index (χ1) is 13.5. The standard InChI is InChI=1S/C21H23N3O4/c1-21(2)12-15-6-3-7-18(20(15)28-21)27-14-19(25)22-13-16(17-8-4-11-26-17)24-10-5-9-23-24/h3-11,16H,12-14H2,1-2H3,(H,22,25). The Morgan fingerprint density at radius 1 is 1.32 bits per heavy atom. The van der Waals surface area contributed by atoms with E-state index in [1.807, 2.05) is 56.4 Å². The summed E-state index contributed by atoms with van der Waals surface area (Å²) in [5.74, 6) is 1.82. The second kappa shape index (κ2) is 7.42. The van der Waals surface area contributed by atoms with Crippen LogP contribution in [0.1, 0.15) is 31.2 Å². The molecule has 0 saturated carbocycles. The fraction of sp³-hybridized carbons (Fsp3) is 0.333. The van der Waals surface area contributed by atoms with Gasteiger partial charge in [0.15, 0.2) is 18.1 Å². The highest BCUT2D eigenvalue weighted by atomic mass is 16.5. The zero-order chi connectivity index (χ0) is 19.6. The number of carbonyl (C=O) groups excluding carboxylic acids is 1. The Morgan fingerprint density at radius 2 is 2.21 bits per heavy atom. The van der Waals surface area contributed by atoms with E-state index in [0.717, 1.165) is 23.5 Å². The predicted molar refractivity (Wildman–Crippen MR) is 102 cm³/mol. The number of hydrogen-bond acceptors (Lipinski definition) is 5. The van der Waals surface area contributed by atoms with Crippen LogP contribution in [0.5, 0.6) is 11.5 Å². The zero-order valence-corrected chi connectivity index (χ0v) is 15.9. The largest absolute Gasteiger partial charge is 0.483 e. The number of carbonyl (C=O) groups is 1. The van der Waals surface area contributed by atoms with E-state index >= 15 is 0 Å². The minimum Gasteiger partial charge on any atom is -0.483 e. The van der Waals surface area contributed by atoms with Gasteiger partial charge in [-0.3, -0.25) is 9.48 Å². The Bertz CT molecular complexity index is 898. The summed E-state index contributed by atoms with van der Waals surface area (Å²) in [6, 6.07) is 11.0. The molecule has 3 aromatic rings. The molecule has 1 aromatic carbocycles. The summed E-state index contributed by atoms with van der Waals surface area (Å²) >= 11 is 0. The number of benzene rings is 1. The predicted octanol–water partition coefficient (Wildman–Crippen LogP) is 2.97. The molecular formula is C21H23N3O4. The molecule has 7 heteroatoms. The lowest BCUT2D eigenvalue weighted by atomic mass is 10.0. The van der Waals surface area contributed by atoms with Gasteiger partial charge < -0.3 is 19.2 Å². The number of nitrogens with zero attached hydrogens (tertiary/aromatic N) is 2. The van der Waals surface area contributed by atoms with Gasteiger partial charge in [-0.05, 0) is 38.1 Å². The fourth-order valence-corrected chi connectivity index (χ4v) is 3.38. The normalized spacial score (nSPS) is 15.5. The van der Waals surface area contributed by atoms with Crippen LogP contribution in [0.2, 0.25) is 0 Å². The molecule has 1 amide bonds. The van der Waals surface area contributed by atoms with Crippen molar-refractivity contribution in [1.29, 1.82) is 0 Å².